The molecule has 0 aliphatic carbocycles. The summed E-state index contributed by atoms with van der Waals surface area (Å²) >= 11 is 0. The van der Waals surface area contributed by atoms with Crippen LogP contribution in [0.5, 0.6) is 0 Å². The number of nitrogens with two attached hydrogens (primary N) is 1. The minimum atomic E-state index is -0.913. The Bertz CT molecular complexity index is 382. The van der Waals surface area contributed by atoms with Crippen molar-refractivity contribution in [3.05, 3.63) is 0 Å². The maximum atomic E-state index is 12.2. The number of carbonyl (C=O) groups excluding carboxylic acids is 1. The first-order valence-corrected chi connectivity index (χ1v) is 7.68. The Morgan fingerprint density at radius 3 is 1.76 bits per heavy atom. The van der Waals surface area contributed by atoms with E-state index in [1.165, 1.54) is 0 Å². The van der Waals surface area contributed by atoms with Crippen LogP contribution in [0.1, 0.15) is 75.2 Å². The van der Waals surface area contributed by atoms with Crippen LogP contribution >= 0.6 is 0 Å². The minimum absolute atomic E-state index is 0.00391. The van der Waals surface area contributed by atoms with E-state index in [2.05, 4.69) is 65.9 Å². The van der Waals surface area contributed by atoms with Gasteiger partial charge >= 0.3 is 0 Å². The van der Waals surface area contributed by atoms with Gasteiger partial charge in [0.25, 0.3) is 5.91 Å². The number of amides is 1. The van der Waals surface area contributed by atoms with Crippen molar-refractivity contribution in [3.8, 4) is 0 Å². The molecule has 0 rings (SSSR count). The second kappa shape index (κ2) is 6.47. The maximum Gasteiger partial charge on any atom is 0.259 e. The first-order valence-electron chi connectivity index (χ1n) is 7.68. The van der Waals surface area contributed by atoms with E-state index in [0.29, 0.717) is 6.42 Å². The van der Waals surface area contributed by atoms with Gasteiger partial charge in [-0.2, -0.15) is 5.10 Å². The molecule has 0 fully saturated rings. The minimum Gasteiger partial charge on any atom is -0.318 e. The van der Waals surface area contributed by atoms with E-state index in [1.54, 1.807) is 6.92 Å². The predicted molar refractivity (Wildman–Crippen MR) is 91.2 cm³/mol. The van der Waals surface area contributed by atoms with E-state index in [4.69, 9.17) is 5.73 Å². The van der Waals surface area contributed by atoms with Crippen LogP contribution in [-0.2, 0) is 4.79 Å². The number of nitrogens with one attached hydrogen (secondary N) is 1. The number of rotatable bonds is 5. The molecular formula is C17H35N3O. The predicted octanol–water partition coefficient (Wildman–Crippen LogP) is 3.70. The standard InChI is InChI=1S/C17H35N3O/c1-14(2,3)10-16(7,8)12-19-20-13(21)17(9,18)11-15(4,5)6/h12H,10-11,18H2,1-9H3,(H,20,21)/b19-12+. The highest BCUT2D eigenvalue weighted by atomic mass is 16.2. The van der Waals surface area contributed by atoms with E-state index < -0.39 is 5.54 Å². The average Bonchev–Trinajstić information content (AvgIpc) is 2.08. The molecule has 124 valence electrons. The lowest BCUT2D eigenvalue weighted by atomic mass is 9.77. The summed E-state index contributed by atoms with van der Waals surface area (Å²) in [7, 11) is 0. The average molecular weight is 297 g/mol. The molecule has 0 spiro atoms. The van der Waals surface area contributed by atoms with Gasteiger partial charge in [0.2, 0.25) is 0 Å². The Kier molecular flexibility index (Phi) is 6.19. The molecule has 0 saturated carbocycles. The summed E-state index contributed by atoms with van der Waals surface area (Å²) in [6.07, 6.45) is 3.40. The van der Waals surface area contributed by atoms with Crippen LogP contribution in [0.3, 0.4) is 0 Å². The van der Waals surface area contributed by atoms with E-state index >= 15 is 0 Å². The number of carbonyl (C=O) groups is 1. The molecule has 0 bridgehead atoms. The zero-order valence-corrected chi connectivity index (χ0v) is 15.4. The van der Waals surface area contributed by atoms with Crippen molar-refractivity contribution in [3.63, 3.8) is 0 Å². The lowest BCUT2D eigenvalue weighted by Gasteiger charge is -2.31. The van der Waals surface area contributed by atoms with Crippen LogP contribution in [-0.4, -0.2) is 17.7 Å². The van der Waals surface area contributed by atoms with E-state index in [9.17, 15) is 4.79 Å². The normalized spacial score (nSPS) is 16.9. The van der Waals surface area contributed by atoms with Crippen molar-refractivity contribution in [1.29, 1.82) is 0 Å². The molecule has 0 aromatic rings. The van der Waals surface area contributed by atoms with Gasteiger partial charge in [0.05, 0.1) is 5.54 Å². The molecule has 21 heavy (non-hydrogen) atoms. The molecule has 4 heteroatoms. The maximum absolute atomic E-state index is 12.2. The van der Waals surface area contributed by atoms with Gasteiger partial charge in [0, 0.05) is 11.6 Å². The third-order valence-electron chi connectivity index (χ3n) is 2.98. The Balaban J connectivity index is 4.64. The Labute approximate surface area is 130 Å². The van der Waals surface area contributed by atoms with Crippen LogP contribution in [0.15, 0.2) is 5.10 Å². The zero-order valence-electron chi connectivity index (χ0n) is 15.4. The highest BCUT2D eigenvalue weighted by molar-refractivity contribution is 5.86. The lowest BCUT2D eigenvalue weighted by molar-refractivity contribution is -0.126. The molecule has 1 unspecified atom stereocenters. The Morgan fingerprint density at radius 2 is 1.38 bits per heavy atom. The molecule has 4 nitrogen and oxygen atoms in total. The highest BCUT2D eigenvalue weighted by Crippen LogP contribution is 2.31. The molecule has 0 aliphatic heterocycles. The van der Waals surface area contributed by atoms with Crippen molar-refractivity contribution in [2.45, 2.75) is 80.7 Å². The summed E-state index contributed by atoms with van der Waals surface area (Å²) in [5.74, 6) is -0.236. The quantitative estimate of drug-likeness (QED) is 0.600. The number of nitrogens with zero attached hydrogens (tertiary/aromatic N) is 1. The topological polar surface area (TPSA) is 67.5 Å². The third kappa shape index (κ3) is 9.62. The molecule has 0 heterocycles. The highest BCUT2D eigenvalue weighted by Gasteiger charge is 2.33. The lowest BCUT2D eigenvalue weighted by Crippen LogP contribution is -2.52. The fourth-order valence-corrected chi connectivity index (χ4v) is 2.99. The van der Waals surface area contributed by atoms with Crippen molar-refractivity contribution in [2.24, 2.45) is 27.1 Å². The van der Waals surface area contributed by atoms with Gasteiger partial charge in [-0.05, 0) is 30.6 Å². The molecule has 0 aromatic carbocycles. The van der Waals surface area contributed by atoms with Crippen LogP contribution in [0.2, 0.25) is 0 Å². The van der Waals surface area contributed by atoms with Crippen molar-refractivity contribution < 1.29 is 4.79 Å². The molecule has 1 atom stereocenters. The first-order chi connectivity index (χ1) is 9.04. The van der Waals surface area contributed by atoms with E-state index in [1.807, 2.05) is 6.21 Å². The van der Waals surface area contributed by atoms with Gasteiger partial charge in [-0.15, -0.1) is 0 Å². The van der Waals surface area contributed by atoms with Crippen molar-refractivity contribution in [2.75, 3.05) is 0 Å². The van der Waals surface area contributed by atoms with Crippen LogP contribution < -0.4 is 11.2 Å². The molecule has 0 radical (unpaired) electrons. The van der Waals surface area contributed by atoms with Crippen molar-refractivity contribution >= 4 is 12.1 Å². The smallest absolute Gasteiger partial charge is 0.259 e. The SMILES string of the molecule is CC(C)(C)CC(C)(C)/C=N/NC(=O)C(C)(N)CC(C)(C)C. The van der Waals surface area contributed by atoms with Gasteiger partial charge in [-0.25, -0.2) is 5.43 Å². The van der Waals surface area contributed by atoms with Crippen molar-refractivity contribution in [1.82, 2.24) is 5.43 Å². The third-order valence-corrected chi connectivity index (χ3v) is 2.98. The van der Waals surface area contributed by atoms with Gasteiger partial charge in [0.1, 0.15) is 0 Å². The number of hydrogen-bond acceptors (Lipinski definition) is 3. The molecule has 0 aliphatic rings. The Hall–Kier alpha value is -0.900. The van der Waals surface area contributed by atoms with Crippen LogP contribution in [0.25, 0.3) is 0 Å². The van der Waals surface area contributed by atoms with Crippen LogP contribution in [0.4, 0.5) is 0 Å². The second-order valence-corrected chi connectivity index (χ2v) is 9.58. The van der Waals surface area contributed by atoms with E-state index in [0.717, 1.165) is 6.42 Å². The van der Waals surface area contributed by atoms with E-state index in [-0.39, 0.29) is 22.2 Å². The van der Waals surface area contributed by atoms with Gasteiger partial charge in [-0.1, -0.05) is 55.4 Å². The fraction of sp³-hybridized carbons (Fsp3) is 0.882. The summed E-state index contributed by atoms with van der Waals surface area (Å²) in [6.45, 7) is 18.8. The largest absolute Gasteiger partial charge is 0.318 e. The molecule has 0 saturated heterocycles. The molecule has 3 N–H and O–H groups in total. The summed E-state index contributed by atoms with van der Waals surface area (Å²) in [4.78, 5) is 12.2. The number of hydrogen-bond donors (Lipinski definition) is 2. The monoisotopic (exact) mass is 297 g/mol. The number of hydrazone groups is 1. The second-order valence-electron chi connectivity index (χ2n) is 9.58. The van der Waals surface area contributed by atoms with Gasteiger partial charge in [-0.3, -0.25) is 4.79 Å². The van der Waals surface area contributed by atoms with Gasteiger partial charge < -0.3 is 5.73 Å². The zero-order chi connectivity index (χ0) is 17.1. The fourth-order valence-electron chi connectivity index (χ4n) is 2.99. The summed E-state index contributed by atoms with van der Waals surface area (Å²) in [6, 6.07) is 0. The molecular weight excluding hydrogens is 262 g/mol. The first kappa shape index (κ1) is 20.1. The summed E-state index contributed by atoms with van der Waals surface area (Å²) in [5.41, 5.74) is 7.94. The molecule has 1 amide bonds. The van der Waals surface area contributed by atoms with Crippen LogP contribution in [0, 0.1) is 16.2 Å². The summed E-state index contributed by atoms with van der Waals surface area (Å²) in [5, 5.41) is 4.12. The Morgan fingerprint density at radius 1 is 0.952 bits per heavy atom. The summed E-state index contributed by atoms with van der Waals surface area (Å²) < 4.78 is 0. The van der Waals surface area contributed by atoms with Gasteiger partial charge in [0.15, 0.2) is 0 Å². The molecule has 0 aromatic heterocycles.